The summed E-state index contributed by atoms with van der Waals surface area (Å²) in [6.45, 7) is 6.00. The molecule has 0 saturated heterocycles. The van der Waals surface area contributed by atoms with Crippen LogP contribution in [-0.4, -0.2) is 4.57 Å². The average Bonchev–Trinajstić information content (AvgIpc) is 2.79. The fourth-order valence-corrected chi connectivity index (χ4v) is 1.96. The summed E-state index contributed by atoms with van der Waals surface area (Å²) in [6.07, 6.45) is 4.26. The predicted molar refractivity (Wildman–Crippen MR) is 73.6 cm³/mol. The molecule has 0 aliphatic rings. The summed E-state index contributed by atoms with van der Waals surface area (Å²) in [4.78, 5) is 0. The highest BCUT2D eigenvalue weighted by molar-refractivity contribution is 6.31. The van der Waals surface area contributed by atoms with E-state index < -0.39 is 0 Å². The van der Waals surface area contributed by atoms with Crippen molar-refractivity contribution < 1.29 is 0 Å². The average molecular weight is 249 g/mol. The lowest BCUT2D eigenvalue weighted by Crippen LogP contribution is -2.00. The fourth-order valence-electron chi connectivity index (χ4n) is 1.79. The SMILES string of the molecule is CCn1ccc(CNc2cccc(Cl)c2C)c1. The normalized spacial score (nSPS) is 10.5. The zero-order chi connectivity index (χ0) is 12.3. The van der Waals surface area contributed by atoms with E-state index in [0.717, 1.165) is 29.4 Å². The molecule has 0 aliphatic carbocycles. The van der Waals surface area contributed by atoms with Crippen LogP contribution in [0.2, 0.25) is 5.02 Å². The first-order valence-electron chi connectivity index (χ1n) is 5.84. The van der Waals surface area contributed by atoms with Crippen molar-refractivity contribution in [3.05, 3.63) is 52.8 Å². The number of nitrogens with one attached hydrogen (secondary N) is 1. The van der Waals surface area contributed by atoms with Crippen molar-refractivity contribution in [3.63, 3.8) is 0 Å². The molecule has 2 aromatic rings. The Kier molecular flexibility index (Phi) is 3.75. The van der Waals surface area contributed by atoms with Gasteiger partial charge < -0.3 is 9.88 Å². The number of aromatic nitrogens is 1. The number of halogens is 1. The molecule has 0 unspecified atom stereocenters. The first-order chi connectivity index (χ1) is 8.20. The molecule has 0 saturated carbocycles. The molecule has 0 bridgehead atoms. The molecule has 2 nitrogen and oxygen atoms in total. The van der Waals surface area contributed by atoms with E-state index in [1.54, 1.807) is 0 Å². The van der Waals surface area contributed by atoms with Crippen molar-refractivity contribution in [2.75, 3.05) is 5.32 Å². The van der Waals surface area contributed by atoms with Gasteiger partial charge in [0.2, 0.25) is 0 Å². The van der Waals surface area contributed by atoms with Gasteiger partial charge in [-0.3, -0.25) is 0 Å². The molecule has 1 N–H and O–H groups in total. The molecule has 0 atom stereocenters. The minimum absolute atomic E-state index is 0.807. The second kappa shape index (κ2) is 5.28. The van der Waals surface area contributed by atoms with E-state index in [-0.39, 0.29) is 0 Å². The van der Waals surface area contributed by atoms with Gasteiger partial charge in [0.05, 0.1) is 0 Å². The smallest absolute Gasteiger partial charge is 0.0455 e. The molecule has 0 radical (unpaired) electrons. The van der Waals surface area contributed by atoms with Crippen molar-refractivity contribution in [1.82, 2.24) is 4.57 Å². The standard InChI is InChI=1S/C14H17ClN2/c1-3-17-8-7-12(10-17)9-16-14-6-4-5-13(15)11(14)2/h4-8,10,16H,3,9H2,1-2H3. The Bertz CT molecular complexity index is 503. The molecular formula is C14H17ClN2. The molecule has 1 aromatic heterocycles. The van der Waals surface area contributed by atoms with E-state index in [2.05, 4.69) is 41.3 Å². The minimum atomic E-state index is 0.807. The molecular weight excluding hydrogens is 232 g/mol. The largest absolute Gasteiger partial charge is 0.381 e. The van der Waals surface area contributed by atoms with Crippen LogP contribution in [0.15, 0.2) is 36.7 Å². The molecule has 0 aliphatic heterocycles. The molecule has 0 amide bonds. The van der Waals surface area contributed by atoms with Crippen LogP contribution < -0.4 is 5.32 Å². The molecule has 2 rings (SSSR count). The second-order valence-corrected chi connectivity index (χ2v) is 4.52. The van der Waals surface area contributed by atoms with Gasteiger partial charge in [0.25, 0.3) is 0 Å². The molecule has 17 heavy (non-hydrogen) atoms. The molecule has 1 heterocycles. The van der Waals surface area contributed by atoms with Crippen molar-refractivity contribution in [2.24, 2.45) is 0 Å². The molecule has 90 valence electrons. The van der Waals surface area contributed by atoms with Crippen molar-refractivity contribution in [2.45, 2.75) is 26.9 Å². The van der Waals surface area contributed by atoms with Gasteiger partial charge in [-0.2, -0.15) is 0 Å². The van der Waals surface area contributed by atoms with Gasteiger partial charge in [-0.05, 0) is 43.2 Å². The van der Waals surface area contributed by atoms with Crippen LogP contribution in [0.25, 0.3) is 0 Å². The second-order valence-electron chi connectivity index (χ2n) is 4.12. The molecule has 0 fully saturated rings. The van der Waals surface area contributed by atoms with Crippen molar-refractivity contribution in [1.29, 1.82) is 0 Å². The van der Waals surface area contributed by atoms with E-state index >= 15 is 0 Å². The fraction of sp³-hybridized carbons (Fsp3) is 0.286. The van der Waals surface area contributed by atoms with E-state index in [1.165, 1.54) is 5.56 Å². The van der Waals surface area contributed by atoms with Crippen LogP contribution >= 0.6 is 11.6 Å². The van der Waals surface area contributed by atoms with Gasteiger partial charge in [-0.1, -0.05) is 17.7 Å². The molecule has 0 spiro atoms. The summed E-state index contributed by atoms with van der Waals surface area (Å²) in [7, 11) is 0. The molecule has 1 aromatic carbocycles. The third kappa shape index (κ3) is 2.83. The lowest BCUT2D eigenvalue weighted by Gasteiger charge is -2.09. The Balaban J connectivity index is 2.04. The topological polar surface area (TPSA) is 17.0 Å². The van der Waals surface area contributed by atoms with E-state index in [4.69, 9.17) is 11.6 Å². The van der Waals surface area contributed by atoms with Gasteiger partial charge in [-0.25, -0.2) is 0 Å². The maximum atomic E-state index is 6.08. The Morgan fingerprint density at radius 1 is 1.29 bits per heavy atom. The maximum Gasteiger partial charge on any atom is 0.0455 e. The first kappa shape index (κ1) is 12.1. The summed E-state index contributed by atoms with van der Waals surface area (Å²) >= 11 is 6.08. The van der Waals surface area contributed by atoms with Gasteiger partial charge >= 0.3 is 0 Å². The van der Waals surface area contributed by atoms with Crippen LogP contribution in [0.5, 0.6) is 0 Å². The Morgan fingerprint density at radius 2 is 2.12 bits per heavy atom. The van der Waals surface area contributed by atoms with Gasteiger partial charge in [0, 0.05) is 36.2 Å². The van der Waals surface area contributed by atoms with Crippen LogP contribution in [0.3, 0.4) is 0 Å². The highest BCUT2D eigenvalue weighted by atomic mass is 35.5. The van der Waals surface area contributed by atoms with Gasteiger partial charge in [0.15, 0.2) is 0 Å². The maximum absolute atomic E-state index is 6.08. The van der Waals surface area contributed by atoms with Crippen molar-refractivity contribution in [3.8, 4) is 0 Å². The van der Waals surface area contributed by atoms with Crippen LogP contribution in [0.1, 0.15) is 18.1 Å². The summed E-state index contributed by atoms with van der Waals surface area (Å²) in [5.74, 6) is 0. The third-order valence-corrected chi connectivity index (χ3v) is 3.34. The number of aryl methyl sites for hydroxylation is 1. The quantitative estimate of drug-likeness (QED) is 0.863. The Morgan fingerprint density at radius 3 is 2.82 bits per heavy atom. The first-order valence-corrected chi connectivity index (χ1v) is 6.22. The highest BCUT2D eigenvalue weighted by Gasteiger charge is 2.02. The summed E-state index contributed by atoms with van der Waals surface area (Å²) < 4.78 is 2.17. The number of rotatable bonds is 4. The highest BCUT2D eigenvalue weighted by Crippen LogP contribution is 2.23. The zero-order valence-electron chi connectivity index (χ0n) is 10.2. The van der Waals surface area contributed by atoms with Crippen LogP contribution in [0, 0.1) is 6.92 Å². The van der Waals surface area contributed by atoms with Crippen LogP contribution in [0.4, 0.5) is 5.69 Å². The van der Waals surface area contributed by atoms with E-state index in [9.17, 15) is 0 Å². The number of hydrogen-bond donors (Lipinski definition) is 1. The monoisotopic (exact) mass is 248 g/mol. The summed E-state index contributed by atoms with van der Waals surface area (Å²) in [5.41, 5.74) is 3.48. The number of anilines is 1. The Labute approximate surface area is 107 Å². The molecule has 3 heteroatoms. The zero-order valence-corrected chi connectivity index (χ0v) is 11.0. The predicted octanol–water partition coefficient (Wildman–Crippen LogP) is 4.08. The summed E-state index contributed by atoms with van der Waals surface area (Å²) in [5, 5.41) is 4.22. The number of nitrogens with zero attached hydrogens (tertiary/aromatic N) is 1. The lowest BCUT2D eigenvalue weighted by atomic mass is 10.2. The van der Waals surface area contributed by atoms with Gasteiger partial charge in [0.1, 0.15) is 0 Å². The van der Waals surface area contributed by atoms with Crippen LogP contribution in [-0.2, 0) is 13.1 Å². The van der Waals surface area contributed by atoms with Crippen molar-refractivity contribution >= 4 is 17.3 Å². The van der Waals surface area contributed by atoms with Gasteiger partial charge in [-0.15, -0.1) is 0 Å². The minimum Gasteiger partial charge on any atom is -0.381 e. The Hall–Kier alpha value is -1.41. The third-order valence-electron chi connectivity index (χ3n) is 2.93. The number of hydrogen-bond acceptors (Lipinski definition) is 1. The van der Waals surface area contributed by atoms with E-state index in [1.807, 2.05) is 19.1 Å². The number of benzene rings is 1. The summed E-state index contributed by atoms with van der Waals surface area (Å²) in [6, 6.07) is 8.07. The van der Waals surface area contributed by atoms with E-state index in [0.29, 0.717) is 0 Å². The lowest BCUT2D eigenvalue weighted by molar-refractivity contribution is 0.766.